The Morgan fingerprint density at radius 1 is 0.826 bits per heavy atom. The number of carbonyl (C=O) groups excluding carboxylic acids is 2. The van der Waals surface area contributed by atoms with Gasteiger partial charge >= 0.3 is 0 Å². The minimum Gasteiger partial charge on any atom is -0.494 e. The van der Waals surface area contributed by atoms with E-state index in [-0.39, 0.29) is 35.4 Å². The van der Waals surface area contributed by atoms with Crippen molar-refractivity contribution >= 4 is 27.5 Å². The first-order valence-corrected chi connectivity index (χ1v) is 16.7. The lowest BCUT2D eigenvalue weighted by Crippen LogP contribution is -2.53. The summed E-state index contributed by atoms with van der Waals surface area (Å²) in [7, 11) is -4.35. The maximum Gasteiger partial charge on any atom is 0.264 e. The monoisotopic (exact) mass is 645 g/mol. The predicted octanol–water partition coefficient (Wildman–Crippen LogP) is 5.83. The van der Waals surface area contributed by atoms with Crippen LogP contribution in [0.25, 0.3) is 0 Å². The van der Waals surface area contributed by atoms with Crippen molar-refractivity contribution in [3.8, 4) is 5.75 Å². The highest BCUT2D eigenvalue weighted by Gasteiger charge is 2.34. The molecular formula is C36H40FN3O5S. The zero-order valence-electron chi connectivity index (χ0n) is 26.3. The van der Waals surface area contributed by atoms with Crippen LogP contribution in [0.3, 0.4) is 0 Å². The summed E-state index contributed by atoms with van der Waals surface area (Å²) in [5.41, 5.74) is 1.84. The highest BCUT2D eigenvalue weighted by Crippen LogP contribution is 2.27. The van der Waals surface area contributed by atoms with Gasteiger partial charge in [0.25, 0.3) is 10.0 Å². The van der Waals surface area contributed by atoms with Gasteiger partial charge in [-0.15, -0.1) is 0 Å². The number of benzene rings is 4. The van der Waals surface area contributed by atoms with E-state index >= 15 is 0 Å². The third kappa shape index (κ3) is 9.17. The summed E-state index contributed by atoms with van der Waals surface area (Å²) in [6, 6.07) is 28.5. The summed E-state index contributed by atoms with van der Waals surface area (Å²) in [5, 5.41) is 2.97. The van der Waals surface area contributed by atoms with Gasteiger partial charge in [-0.25, -0.2) is 12.8 Å². The number of hydrogen-bond acceptors (Lipinski definition) is 5. The second-order valence-corrected chi connectivity index (χ2v) is 13.1. The Kier molecular flexibility index (Phi) is 11.9. The van der Waals surface area contributed by atoms with E-state index in [9.17, 15) is 22.4 Å². The molecule has 1 atom stereocenters. The number of ether oxygens (including phenoxy) is 1. The van der Waals surface area contributed by atoms with Crippen LogP contribution in [0.5, 0.6) is 5.75 Å². The van der Waals surface area contributed by atoms with E-state index < -0.39 is 34.3 Å². The summed E-state index contributed by atoms with van der Waals surface area (Å²) in [6.45, 7) is 6.09. The molecule has 0 aliphatic rings. The number of hydrogen-bond donors (Lipinski definition) is 1. The minimum atomic E-state index is -4.35. The first kappa shape index (κ1) is 34.2. The van der Waals surface area contributed by atoms with Crippen molar-refractivity contribution < 1.29 is 27.1 Å². The molecule has 10 heteroatoms. The van der Waals surface area contributed by atoms with Gasteiger partial charge in [0.2, 0.25) is 11.8 Å². The first-order chi connectivity index (χ1) is 22.1. The summed E-state index contributed by atoms with van der Waals surface area (Å²) in [5.74, 6) is -0.796. The number of carbonyl (C=O) groups is 2. The molecule has 0 fully saturated rings. The molecule has 242 valence electrons. The zero-order valence-corrected chi connectivity index (χ0v) is 27.1. The van der Waals surface area contributed by atoms with Crippen molar-refractivity contribution in [2.24, 2.45) is 5.92 Å². The lowest BCUT2D eigenvalue weighted by molar-refractivity contribution is -0.140. The van der Waals surface area contributed by atoms with Crippen LogP contribution in [0.15, 0.2) is 114 Å². The van der Waals surface area contributed by atoms with E-state index in [1.165, 1.54) is 4.90 Å². The van der Waals surface area contributed by atoms with Crippen molar-refractivity contribution in [3.05, 3.63) is 126 Å². The molecule has 0 heterocycles. The van der Waals surface area contributed by atoms with Gasteiger partial charge in [0.15, 0.2) is 0 Å². The van der Waals surface area contributed by atoms with Gasteiger partial charge in [-0.1, -0.05) is 74.5 Å². The molecule has 0 radical (unpaired) electrons. The second kappa shape index (κ2) is 16.0. The van der Waals surface area contributed by atoms with Crippen LogP contribution in [0.1, 0.15) is 31.9 Å². The summed E-state index contributed by atoms with van der Waals surface area (Å²) >= 11 is 0. The van der Waals surface area contributed by atoms with Crippen LogP contribution >= 0.6 is 0 Å². The van der Waals surface area contributed by atoms with Gasteiger partial charge in [-0.2, -0.15) is 0 Å². The fourth-order valence-corrected chi connectivity index (χ4v) is 6.31. The fraction of sp³-hybridized carbons (Fsp3) is 0.278. The second-order valence-electron chi connectivity index (χ2n) is 11.2. The van der Waals surface area contributed by atoms with E-state index in [0.29, 0.717) is 18.9 Å². The SMILES string of the molecule is CCOc1ccc(N(CC(=O)N(Cc2ccccc2)C(Cc2ccccc2)C(=O)NCC(C)C)S(=O)(=O)c2ccc(F)cc2)cc1. The molecule has 0 aliphatic heterocycles. The van der Waals surface area contributed by atoms with Crippen LogP contribution < -0.4 is 14.4 Å². The molecule has 0 spiro atoms. The number of amides is 2. The maximum atomic E-state index is 14.5. The molecule has 0 aromatic heterocycles. The van der Waals surface area contributed by atoms with E-state index in [4.69, 9.17) is 4.74 Å². The molecule has 4 aromatic rings. The average Bonchev–Trinajstić information content (AvgIpc) is 3.05. The van der Waals surface area contributed by atoms with E-state index in [1.54, 1.807) is 24.3 Å². The van der Waals surface area contributed by atoms with Crippen LogP contribution in [0.2, 0.25) is 0 Å². The molecule has 1 N–H and O–H groups in total. The van der Waals surface area contributed by atoms with Gasteiger partial charge in [0.05, 0.1) is 17.2 Å². The predicted molar refractivity (Wildman–Crippen MR) is 177 cm³/mol. The number of nitrogens with one attached hydrogen (secondary N) is 1. The molecule has 0 bridgehead atoms. The number of anilines is 1. The average molecular weight is 646 g/mol. The lowest BCUT2D eigenvalue weighted by Gasteiger charge is -2.34. The van der Waals surface area contributed by atoms with Gasteiger partial charge in [-0.3, -0.25) is 13.9 Å². The summed E-state index contributed by atoms with van der Waals surface area (Å²) < 4.78 is 48.4. The molecule has 2 amide bonds. The Balaban J connectivity index is 1.78. The molecule has 8 nitrogen and oxygen atoms in total. The number of halogens is 1. The smallest absolute Gasteiger partial charge is 0.264 e. The maximum absolute atomic E-state index is 14.5. The molecule has 4 rings (SSSR count). The van der Waals surface area contributed by atoms with Crippen molar-refractivity contribution in [2.45, 2.75) is 44.7 Å². The first-order valence-electron chi connectivity index (χ1n) is 15.2. The van der Waals surface area contributed by atoms with Crippen LogP contribution in [0, 0.1) is 11.7 Å². The third-order valence-corrected chi connectivity index (χ3v) is 9.06. The summed E-state index contributed by atoms with van der Waals surface area (Å²) in [6.07, 6.45) is 0.219. The molecular weight excluding hydrogens is 605 g/mol. The molecule has 46 heavy (non-hydrogen) atoms. The minimum absolute atomic E-state index is 0.0694. The van der Waals surface area contributed by atoms with Crippen molar-refractivity contribution in [2.75, 3.05) is 24.0 Å². The fourth-order valence-electron chi connectivity index (χ4n) is 4.89. The van der Waals surface area contributed by atoms with Crippen LogP contribution in [-0.2, 0) is 32.6 Å². The van der Waals surface area contributed by atoms with E-state index in [2.05, 4.69) is 5.32 Å². The van der Waals surface area contributed by atoms with Crippen LogP contribution in [-0.4, -0.2) is 50.9 Å². The Labute approximate surface area is 270 Å². The molecule has 4 aromatic carbocycles. The highest BCUT2D eigenvalue weighted by atomic mass is 32.2. The van der Waals surface area contributed by atoms with E-state index in [1.807, 2.05) is 81.4 Å². The van der Waals surface area contributed by atoms with E-state index in [0.717, 1.165) is 39.7 Å². The van der Waals surface area contributed by atoms with Crippen molar-refractivity contribution in [1.29, 1.82) is 0 Å². The van der Waals surface area contributed by atoms with Gasteiger partial charge in [0, 0.05) is 19.5 Å². The van der Waals surface area contributed by atoms with Crippen LogP contribution in [0.4, 0.5) is 10.1 Å². The third-order valence-electron chi connectivity index (χ3n) is 7.27. The molecule has 1 unspecified atom stereocenters. The number of rotatable bonds is 15. The van der Waals surface area contributed by atoms with Gasteiger partial charge in [0.1, 0.15) is 24.2 Å². The molecule has 0 aliphatic carbocycles. The normalized spacial score (nSPS) is 11.9. The topological polar surface area (TPSA) is 96.0 Å². The summed E-state index contributed by atoms with van der Waals surface area (Å²) in [4.78, 5) is 29.5. The number of nitrogens with zero attached hydrogens (tertiary/aromatic N) is 2. The molecule has 0 saturated carbocycles. The van der Waals surface area contributed by atoms with Gasteiger partial charge < -0.3 is 15.0 Å². The Bertz CT molecular complexity index is 1670. The Morgan fingerprint density at radius 3 is 1.98 bits per heavy atom. The Morgan fingerprint density at radius 2 is 1.41 bits per heavy atom. The zero-order chi connectivity index (χ0) is 33.1. The highest BCUT2D eigenvalue weighted by molar-refractivity contribution is 7.92. The molecule has 0 saturated heterocycles. The standard InChI is InChI=1S/C36H40FN3O5S/c1-4-45-32-19-17-31(18-20-32)40(46(43,44)33-21-15-30(37)16-22-33)26-35(41)39(25-29-13-9-6-10-14-29)34(36(42)38-24-27(2)3)23-28-11-7-5-8-12-28/h5-22,27,34H,4,23-26H2,1-3H3,(H,38,42). The van der Waals surface area contributed by atoms with Crippen molar-refractivity contribution in [3.63, 3.8) is 0 Å². The Hall–Kier alpha value is -4.70. The number of sulfonamides is 1. The largest absolute Gasteiger partial charge is 0.494 e. The lowest BCUT2D eigenvalue weighted by atomic mass is 10.0. The van der Waals surface area contributed by atoms with Gasteiger partial charge in [-0.05, 0) is 72.5 Å². The quantitative estimate of drug-likeness (QED) is 0.176. The van der Waals surface area contributed by atoms with Crippen molar-refractivity contribution in [1.82, 2.24) is 10.2 Å².